The summed E-state index contributed by atoms with van der Waals surface area (Å²) in [5.74, 6) is -0.0467. The first kappa shape index (κ1) is 17.0. The molecule has 0 N–H and O–H groups in total. The molecule has 0 saturated heterocycles. The number of carbonyl (C=O) groups excluding carboxylic acids is 1. The van der Waals surface area contributed by atoms with Gasteiger partial charge in [-0.1, -0.05) is 12.3 Å². The maximum atomic E-state index is 12.5. The van der Waals surface area contributed by atoms with E-state index >= 15 is 0 Å². The lowest BCUT2D eigenvalue weighted by atomic mass is 9.85. The second kappa shape index (κ2) is 6.41. The van der Waals surface area contributed by atoms with Gasteiger partial charge in [-0.05, 0) is 43.9 Å². The lowest BCUT2D eigenvalue weighted by molar-refractivity contribution is -0.275. The lowest BCUT2D eigenvalue weighted by Gasteiger charge is -2.33. The molecule has 1 aliphatic carbocycles. The molecule has 0 aromatic heterocycles. The highest BCUT2D eigenvalue weighted by Gasteiger charge is 2.36. The van der Waals surface area contributed by atoms with Crippen molar-refractivity contribution < 1.29 is 32.5 Å². The molecule has 1 aromatic rings. The molecule has 7 heteroatoms. The monoisotopic (exact) mass is 327 g/mol. The Labute approximate surface area is 131 Å². The second-order valence-electron chi connectivity index (χ2n) is 5.30. The quantitative estimate of drug-likeness (QED) is 0.798. The normalized spacial score (nSPS) is 17.1. The molecule has 1 fully saturated rings. The maximum absolute atomic E-state index is 12.5. The van der Waals surface area contributed by atoms with Gasteiger partial charge in [-0.2, -0.15) is 0 Å². The molecule has 0 unspecified atom stereocenters. The van der Waals surface area contributed by atoms with Crippen LogP contribution < -0.4 is 14.6 Å². The molecule has 2 rings (SSSR count). The number of alkyl halides is 3. The zero-order valence-corrected chi connectivity index (χ0v) is 12.1. The van der Waals surface area contributed by atoms with Gasteiger partial charge in [0.15, 0.2) is 17.1 Å². The highest BCUT2D eigenvalue weighted by molar-refractivity contribution is 5.86. The first-order valence-corrected chi connectivity index (χ1v) is 7.03. The van der Waals surface area contributed by atoms with Crippen molar-refractivity contribution in [3.63, 3.8) is 0 Å². The van der Waals surface area contributed by atoms with E-state index in [-0.39, 0.29) is 11.3 Å². The highest BCUT2D eigenvalue weighted by Crippen LogP contribution is 2.39. The van der Waals surface area contributed by atoms with Gasteiger partial charge in [0.1, 0.15) is 0 Å². The first-order valence-electron chi connectivity index (χ1n) is 7.03. The van der Waals surface area contributed by atoms with Crippen LogP contribution in [0.2, 0.25) is 0 Å². The summed E-state index contributed by atoms with van der Waals surface area (Å²) in [6.45, 7) is 0. The van der Waals surface area contributed by atoms with Crippen LogP contribution in [0.3, 0.4) is 0 Å². The van der Waals surface area contributed by atoms with Crippen molar-refractivity contribution in [2.75, 3.05) is 0 Å². The summed E-state index contributed by atoms with van der Waals surface area (Å²) < 4.78 is 47.0. The zero-order chi connectivity index (χ0) is 17.1. The van der Waals surface area contributed by atoms with E-state index < -0.39 is 23.7 Å². The summed E-state index contributed by atoms with van der Waals surface area (Å²) >= 11 is 0. The lowest BCUT2D eigenvalue weighted by Crippen LogP contribution is -2.37. The van der Waals surface area contributed by atoms with Crippen LogP contribution in [0.25, 0.3) is 0 Å². The summed E-state index contributed by atoms with van der Waals surface area (Å²) in [5.41, 5.74) is -1.38. The van der Waals surface area contributed by atoms with Gasteiger partial charge in [-0.25, -0.2) is 0 Å². The third-order valence-corrected chi connectivity index (χ3v) is 3.63. The average molecular weight is 327 g/mol. The van der Waals surface area contributed by atoms with E-state index in [1.54, 1.807) is 0 Å². The number of aromatic carboxylic acids is 1. The molecule has 0 bridgehead atoms. The first-order chi connectivity index (χ1) is 10.7. The van der Waals surface area contributed by atoms with Crippen LogP contribution in [0.15, 0.2) is 18.2 Å². The molecule has 1 aliphatic rings. The van der Waals surface area contributed by atoms with E-state index in [9.17, 15) is 23.1 Å². The minimum atomic E-state index is -4.93. The SMILES string of the molecule is C#CC1(Oc2cc(C(=O)[O-])ccc2OC(F)(F)F)CCCCC1. The molecule has 1 saturated carbocycles. The van der Waals surface area contributed by atoms with Gasteiger partial charge >= 0.3 is 6.36 Å². The van der Waals surface area contributed by atoms with Crippen LogP contribution in [0, 0.1) is 12.3 Å². The van der Waals surface area contributed by atoms with Crippen molar-refractivity contribution in [3.8, 4) is 23.8 Å². The summed E-state index contributed by atoms with van der Waals surface area (Å²) in [7, 11) is 0. The van der Waals surface area contributed by atoms with Gasteiger partial charge in [0, 0.05) is 5.56 Å². The minimum Gasteiger partial charge on any atom is -0.545 e. The summed E-state index contributed by atoms with van der Waals surface area (Å²) in [4.78, 5) is 10.9. The highest BCUT2D eigenvalue weighted by atomic mass is 19.4. The second-order valence-corrected chi connectivity index (χ2v) is 5.30. The van der Waals surface area contributed by atoms with Crippen LogP contribution >= 0.6 is 0 Å². The van der Waals surface area contributed by atoms with Crippen molar-refractivity contribution in [3.05, 3.63) is 23.8 Å². The third kappa shape index (κ3) is 4.31. The van der Waals surface area contributed by atoms with Gasteiger partial charge in [0.2, 0.25) is 0 Å². The van der Waals surface area contributed by atoms with Crippen LogP contribution in [0.4, 0.5) is 13.2 Å². The number of carboxylic acid groups (broad SMARTS) is 1. The number of rotatable bonds is 4. The summed E-state index contributed by atoms with van der Waals surface area (Å²) in [5, 5.41) is 10.9. The summed E-state index contributed by atoms with van der Waals surface area (Å²) in [6, 6.07) is 2.76. The molecule has 0 aliphatic heterocycles. The fraction of sp³-hybridized carbons (Fsp3) is 0.438. The molecule has 0 heterocycles. The molecule has 0 atom stereocenters. The van der Waals surface area contributed by atoms with E-state index in [2.05, 4.69) is 10.7 Å². The van der Waals surface area contributed by atoms with Gasteiger partial charge in [-0.15, -0.1) is 19.6 Å². The Bertz CT molecular complexity index is 625. The van der Waals surface area contributed by atoms with Crippen LogP contribution in [0.1, 0.15) is 42.5 Å². The van der Waals surface area contributed by atoms with Crippen molar-refractivity contribution >= 4 is 5.97 Å². The number of hydrogen-bond donors (Lipinski definition) is 0. The van der Waals surface area contributed by atoms with Crippen LogP contribution in [-0.2, 0) is 0 Å². The Hall–Kier alpha value is -2.36. The van der Waals surface area contributed by atoms with Crippen LogP contribution in [-0.4, -0.2) is 17.9 Å². The maximum Gasteiger partial charge on any atom is 0.573 e. The fourth-order valence-electron chi connectivity index (χ4n) is 2.53. The number of halogens is 3. The Kier molecular flexibility index (Phi) is 4.73. The van der Waals surface area contributed by atoms with Crippen molar-refractivity contribution in [1.29, 1.82) is 0 Å². The Morgan fingerprint density at radius 3 is 2.39 bits per heavy atom. The topological polar surface area (TPSA) is 58.6 Å². The molecule has 1 aromatic carbocycles. The van der Waals surface area contributed by atoms with E-state index in [0.717, 1.165) is 37.5 Å². The predicted molar refractivity (Wildman–Crippen MR) is 72.7 cm³/mol. The number of carboxylic acids is 1. The molecule has 0 spiro atoms. The Morgan fingerprint density at radius 1 is 1.22 bits per heavy atom. The Balaban J connectivity index is 2.38. The van der Waals surface area contributed by atoms with Crippen molar-refractivity contribution in [2.45, 2.75) is 44.1 Å². The number of ether oxygens (including phenoxy) is 2. The summed E-state index contributed by atoms with van der Waals surface area (Å²) in [6.07, 6.45) is 4.03. The van der Waals surface area contributed by atoms with Gasteiger partial charge in [-0.3, -0.25) is 0 Å². The smallest absolute Gasteiger partial charge is 0.545 e. The van der Waals surface area contributed by atoms with E-state index in [1.807, 2.05) is 0 Å². The number of hydrogen-bond acceptors (Lipinski definition) is 4. The van der Waals surface area contributed by atoms with Crippen molar-refractivity contribution in [2.24, 2.45) is 0 Å². The van der Waals surface area contributed by atoms with E-state index in [0.29, 0.717) is 12.8 Å². The number of benzene rings is 1. The van der Waals surface area contributed by atoms with E-state index in [1.165, 1.54) is 0 Å². The number of terminal acetylenes is 1. The standard InChI is InChI=1S/C16H15F3O4/c1-2-15(8-4-3-5-9-15)22-13-10-11(14(20)21)6-7-12(13)23-16(17,18)19/h1,6-7,10H,3-5,8-9H2,(H,20,21)/p-1. The molecular formula is C16H14F3O4-. The zero-order valence-electron chi connectivity index (χ0n) is 12.1. The van der Waals surface area contributed by atoms with Gasteiger partial charge in [0.25, 0.3) is 0 Å². The predicted octanol–water partition coefficient (Wildman–Crippen LogP) is 2.66. The van der Waals surface area contributed by atoms with E-state index in [4.69, 9.17) is 11.2 Å². The van der Waals surface area contributed by atoms with Crippen LogP contribution in [0.5, 0.6) is 11.5 Å². The molecule has 0 radical (unpaired) electrons. The molecule has 0 amide bonds. The molecule has 4 nitrogen and oxygen atoms in total. The molecule has 124 valence electrons. The number of carbonyl (C=O) groups is 1. The van der Waals surface area contributed by atoms with Gasteiger partial charge in [0.05, 0.1) is 5.97 Å². The van der Waals surface area contributed by atoms with Crippen molar-refractivity contribution in [1.82, 2.24) is 0 Å². The molecule has 23 heavy (non-hydrogen) atoms. The average Bonchev–Trinajstić information content (AvgIpc) is 2.48. The fourth-order valence-corrected chi connectivity index (χ4v) is 2.53. The minimum absolute atomic E-state index is 0.322. The third-order valence-electron chi connectivity index (χ3n) is 3.63. The molecular weight excluding hydrogens is 313 g/mol. The largest absolute Gasteiger partial charge is 0.573 e. The van der Waals surface area contributed by atoms with Gasteiger partial charge < -0.3 is 19.4 Å². The Morgan fingerprint density at radius 2 is 1.87 bits per heavy atom.